The molecule has 0 radical (unpaired) electrons. The quantitative estimate of drug-likeness (QED) is 0.525. The molecule has 0 aliphatic heterocycles. The number of amides is 1. The van der Waals surface area contributed by atoms with Crippen LogP contribution in [0.5, 0.6) is 11.5 Å². The van der Waals surface area contributed by atoms with Crippen LogP contribution in [-0.2, 0) is 14.8 Å². The maximum absolute atomic E-state index is 12.7. The van der Waals surface area contributed by atoms with Crippen LogP contribution in [0.3, 0.4) is 0 Å². The summed E-state index contributed by atoms with van der Waals surface area (Å²) in [6.07, 6.45) is 0. The largest absolute Gasteiger partial charge is 0.493 e. The van der Waals surface area contributed by atoms with Gasteiger partial charge < -0.3 is 14.8 Å². The molecule has 168 valence electrons. The number of hydrogen-bond donors (Lipinski definition) is 2. The van der Waals surface area contributed by atoms with E-state index in [1.807, 2.05) is 39.0 Å². The highest BCUT2D eigenvalue weighted by Gasteiger charge is 2.15. The van der Waals surface area contributed by atoms with Gasteiger partial charge in [-0.05, 0) is 86.0 Å². The predicted molar refractivity (Wildman–Crippen MR) is 125 cm³/mol. The Bertz CT molecular complexity index is 1200. The maximum atomic E-state index is 12.7. The number of methoxy groups -OCH3 is 1. The lowest BCUT2D eigenvalue weighted by Crippen LogP contribution is -2.20. The van der Waals surface area contributed by atoms with E-state index in [-0.39, 0.29) is 17.4 Å². The molecule has 32 heavy (non-hydrogen) atoms. The molecule has 0 unspecified atom stereocenters. The molecule has 0 aliphatic rings. The van der Waals surface area contributed by atoms with Crippen molar-refractivity contribution in [1.82, 2.24) is 0 Å². The van der Waals surface area contributed by atoms with Crippen LogP contribution in [0.2, 0.25) is 0 Å². The van der Waals surface area contributed by atoms with Gasteiger partial charge in [0.1, 0.15) is 0 Å². The summed E-state index contributed by atoms with van der Waals surface area (Å²) in [5, 5.41) is 2.68. The maximum Gasteiger partial charge on any atom is 0.262 e. The van der Waals surface area contributed by atoms with Crippen LogP contribution in [-0.4, -0.2) is 28.0 Å². The Kier molecular flexibility index (Phi) is 7.05. The molecule has 1 amide bonds. The van der Waals surface area contributed by atoms with Crippen LogP contribution in [0.4, 0.5) is 11.4 Å². The molecule has 3 aromatic carbocycles. The third-order valence-corrected chi connectivity index (χ3v) is 6.00. The molecule has 0 aliphatic carbocycles. The first-order valence-corrected chi connectivity index (χ1v) is 11.4. The summed E-state index contributed by atoms with van der Waals surface area (Å²) < 4.78 is 38.7. The van der Waals surface area contributed by atoms with Gasteiger partial charge in [0.25, 0.3) is 15.9 Å². The normalized spacial score (nSPS) is 11.0. The summed E-state index contributed by atoms with van der Waals surface area (Å²) in [5.74, 6) is 0.632. The number of ether oxygens (including phenoxy) is 2. The third kappa shape index (κ3) is 6.01. The summed E-state index contributed by atoms with van der Waals surface area (Å²) in [6.45, 7) is 5.52. The molecule has 0 spiro atoms. The highest BCUT2D eigenvalue weighted by Crippen LogP contribution is 2.27. The molecule has 0 bridgehead atoms. The van der Waals surface area contributed by atoms with Crippen molar-refractivity contribution in [3.8, 4) is 11.5 Å². The number of aryl methyl sites for hydroxylation is 3. The van der Waals surface area contributed by atoms with E-state index in [0.717, 1.165) is 16.7 Å². The summed E-state index contributed by atoms with van der Waals surface area (Å²) in [7, 11) is -2.22. The average molecular weight is 455 g/mol. The smallest absolute Gasteiger partial charge is 0.262 e. The molecule has 3 aromatic rings. The molecule has 7 nitrogen and oxygen atoms in total. The van der Waals surface area contributed by atoms with Crippen molar-refractivity contribution < 1.29 is 22.7 Å². The Morgan fingerprint density at radius 2 is 1.47 bits per heavy atom. The number of rotatable bonds is 8. The molecule has 0 saturated heterocycles. The highest BCUT2D eigenvalue weighted by molar-refractivity contribution is 7.92. The van der Waals surface area contributed by atoms with E-state index in [1.165, 1.54) is 31.4 Å². The first kappa shape index (κ1) is 23.1. The minimum absolute atomic E-state index is 0.0929. The molecule has 8 heteroatoms. The van der Waals surface area contributed by atoms with Gasteiger partial charge in [-0.3, -0.25) is 9.52 Å². The minimum Gasteiger partial charge on any atom is -0.493 e. The number of carbonyl (C=O) groups is 1. The lowest BCUT2D eigenvalue weighted by molar-refractivity contribution is -0.118. The van der Waals surface area contributed by atoms with E-state index in [1.54, 1.807) is 18.2 Å². The second kappa shape index (κ2) is 9.74. The lowest BCUT2D eigenvalue weighted by atomic mass is 10.1. The number of sulfonamides is 1. The van der Waals surface area contributed by atoms with Crippen LogP contribution in [0.15, 0.2) is 65.6 Å². The molecule has 0 heterocycles. The third-order valence-electron chi connectivity index (χ3n) is 4.60. The number of anilines is 2. The highest BCUT2D eigenvalue weighted by atomic mass is 32.2. The second-order valence-corrected chi connectivity index (χ2v) is 9.18. The Labute approximate surface area is 188 Å². The fourth-order valence-corrected chi connectivity index (χ4v) is 4.24. The molecule has 0 saturated carbocycles. The van der Waals surface area contributed by atoms with Crippen molar-refractivity contribution in [1.29, 1.82) is 0 Å². The Morgan fingerprint density at radius 3 is 2.09 bits per heavy atom. The van der Waals surface area contributed by atoms with Gasteiger partial charge in [-0.25, -0.2) is 8.42 Å². The van der Waals surface area contributed by atoms with Gasteiger partial charge in [0.15, 0.2) is 18.1 Å². The number of hydrogen-bond acceptors (Lipinski definition) is 5. The average Bonchev–Trinajstić information content (AvgIpc) is 2.72. The zero-order valence-electron chi connectivity index (χ0n) is 18.4. The van der Waals surface area contributed by atoms with E-state index < -0.39 is 10.0 Å². The fourth-order valence-electron chi connectivity index (χ4n) is 3.20. The lowest BCUT2D eigenvalue weighted by Gasteiger charge is -2.12. The predicted octanol–water partition coefficient (Wildman–Crippen LogP) is 4.44. The van der Waals surface area contributed by atoms with Crippen molar-refractivity contribution in [2.24, 2.45) is 0 Å². The van der Waals surface area contributed by atoms with Crippen molar-refractivity contribution in [3.63, 3.8) is 0 Å². The van der Waals surface area contributed by atoms with Gasteiger partial charge in [0.05, 0.1) is 12.0 Å². The van der Waals surface area contributed by atoms with Gasteiger partial charge in [-0.15, -0.1) is 0 Å². The standard InChI is InChI=1S/C24H26N2O5S/c1-16-5-10-22(23(14-16)30-4)31-15-24(27)25-19-6-8-21(9-7-19)32(28,29)26-20-12-17(2)11-18(3)13-20/h5-14,26H,15H2,1-4H3,(H,25,27). The minimum atomic E-state index is -3.75. The fraction of sp³-hybridized carbons (Fsp3) is 0.208. The van der Waals surface area contributed by atoms with E-state index in [9.17, 15) is 13.2 Å². The summed E-state index contributed by atoms with van der Waals surface area (Å²) in [5.41, 5.74) is 3.90. The van der Waals surface area contributed by atoms with Crippen LogP contribution in [0, 0.1) is 20.8 Å². The SMILES string of the molecule is COc1cc(C)ccc1OCC(=O)Nc1ccc(S(=O)(=O)Nc2cc(C)cc(C)c2)cc1. The summed E-state index contributed by atoms with van der Waals surface area (Å²) in [6, 6.07) is 16.8. The van der Waals surface area contributed by atoms with Crippen LogP contribution < -0.4 is 19.5 Å². The zero-order valence-corrected chi connectivity index (χ0v) is 19.2. The summed E-state index contributed by atoms with van der Waals surface area (Å²) >= 11 is 0. The molecule has 0 fully saturated rings. The van der Waals surface area contributed by atoms with Gasteiger partial charge in [-0.2, -0.15) is 0 Å². The Balaban J connectivity index is 1.62. The van der Waals surface area contributed by atoms with Gasteiger partial charge >= 0.3 is 0 Å². The monoisotopic (exact) mass is 454 g/mol. The topological polar surface area (TPSA) is 93.7 Å². The molecule has 0 atom stereocenters. The van der Waals surface area contributed by atoms with E-state index in [2.05, 4.69) is 10.0 Å². The van der Waals surface area contributed by atoms with E-state index in [4.69, 9.17) is 9.47 Å². The second-order valence-electron chi connectivity index (χ2n) is 7.50. The Hall–Kier alpha value is -3.52. The van der Waals surface area contributed by atoms with Crippen molar-refractivity contribution >= 4 is 27.3 Å². The molecule has 0 aromatic heterocycles. The summed E-state index contributed by atoms with van der Waals surface area (Å²) in [4.78, 5) is 12.3. The first-order chi connectivity index (χ1) is 15.2. The number of nitrogens with one attached hydrogen (secondary N) is 2. The van der Waals surface area contributed by atoms with E-state index in [0.29, 0.717) is 22.9 Å². The first-order valence-electron chi connectivity index (χ1n) is 9.95. The molecule has 3 rings (SSSR count). The molecular weight excluding hydrogens is 428 g/mol. The van der Waals surface area contributed by atoms with Gasteiger partial charge in [0.2, 0.25) is 0 Å². The Morgan fingerprint density at radius 1 is 0.812 bits per heavy atom. The zero-order chi connectivity index (χ0) is 23.3. The van der Waals surface area contributed by atoms with Crippen molar-refractivity contribution in [2.75, 3.05) is 23.8 Å². The molecule has 2 N–H and O–H groups in total. The van der Waals surface area contributed by atoms with Crippen LogP contribution >= 0.6 is 0 Å². The van der Waals surface area contributed by atoms with Gasteiger partial charge in [0, 0.05) is 11.4 Å². The molecular formula is C24H26N2O5S. The van der Waals surface area contributed by atoms with Crippen molar-refractivity contribution in [2.45, 2.75) is 25.7 Å². The van der Waals surface area contributed by atoms with E-state index >= 15 is 0 Å². The van der Waals surface area contributed by atoms with Crippen LogP contribution in [0.1, 0.15) is 16.7 Å². The van der Waals surface area contributed by atoms with Gasteiger partial charge in [-0.1, -0.05) is 12.1 Å². The van der Waals surface area contributed by atoms with Crippen molar-refractivity contribution in [3.05, 3.63) is 77.4 Å². The number of benzene rings is 3. The van der Waals surface area contributed by atoms with Crippen LogP contribution in [0.25, 0.3) is 0 Å². The number of carbonyl (C=O) groups excluding carboxylic acids is 1.